The summed E-state index contributed by atoms with van der Waals surface area (Å²) in [6.45, 7) is 2.69. The van der Waals surface area contributed by atoms with E-state index >= 15 is 0 Å². The van der Waals surface area contributed by atoms with Crippen molar-refractivity contribution in [2.45, 2.75) is 19.8 Å². The summed E-state index contributed by atoms with van der Waals surface area (Å²) in [5.41, 5.74) is 1.76. The largest absolute Gasteiger partial charge is 0.340 e. The molecule has 0 radical (unpaired) electrons. The topological polar surface area (TPSA) is 90.5 Å². The second kappa shape index (κ2) is 8.35. The summed E-state index contributed by atoms with van der Waals surface area (Å²) in [6.07, 6.45) is 3.58. The fourth-order valence-electron chi connectivity index (χ4n) is 2.89. The highest BCUT2D eigenvalue weighted by Crippen LogP contribution is 2.17. The summed E-state index contributed by atoms with van der Waals surface area (Å²) >= 11 is 0. The van der Waals surface area contributed by atoms with Gasteiger partial charge in [0.2, 0.25) is 5.82 Å². The molecule has 2 heterocycles. The van der Waals surface area contributed by atoms with E-state index in [2.05, 4.69) is 17.2 Å². The van der Waals surface area contributed by atoms with Crippen molar-refractivity contribution in [3.05, 3.63) is 65.7 Å². The van der Waals surface area contributed by atoms with Crippen molar-refractivity contribution < 1.29 is 9.59 Å². The number of carbonyl (C=O) groups excluding carboxylic acids is 2. The van der Waals surface area contributed by atoms with Gasteiger partial charge < -0.3 is 10.2 Å². The second-order valence-corrected chi connectivity index (χ2v) is 6.47. The molecule has 142 valence electrons. The van der Waals surface area contributed by atoms with Crippen LogP contribution < -0.4 is 5.32 Å². The molecule has 2 aromatic heterocycles. The molecule has 0 bridgehead atoms. The molecule has 3 aromatic rings. The molecular formula is C21H21N5O2. The van der Waals surface area contributed by atoms with Crippen molar-refractivity contribution in [2.75, 3.05) is 18.9 Å². The zero-order valence-electron chi connectivity index (χ0n) is 15.8. The Morgan fingerprint density at radius 1 is 1.25 bits per heavy atom. The maximum absolute atomic E-state index is 12.8. The lowest BCUT2D eigenvalue weighted by Crippen LogP contribution is -2.28. The molecule has 7 nitrogen and oxygen atoms in total. The summed E-state index contributed by atoms with van der Waals surface area (Å²) in [5, 5.41) is 11.8. The van der Waals surface area contributed by atoms with Crippen LogP contribution in [0.2, 0.25) is 0 Å². The van der Waals surface area contributed by atoms with E-state index in [0.717, 1.165) is 12.8 Å². The van der Waals surface area contributed by atoms with E-state index in [-0.39, 0.29) is 17.4 Å². The van der Waals surface area contributed by atoms with Crippen LogP contribution in [0.4, 0.5) is 5.69 Å². The normalized spacial score (nSPS) is 10.5. The summed E-state index contributed by atoms with van der Waals surface area (Å²) < 4.78 is 1.60. The van der Waals surface area contributed by atoms with Gasteiger partial charge in [0.25, 0.3) is 11.8 Å². The maximum atomic E-state index is 12.8. The van der Waals surface area contributed by atoms with E-state index in [0.29, 0.717) is 23.3 Å². The number of anilines is 1. The first kappa shape index (κ1) is 19.1. The number of nitriles is 1. The number of fused-ring (bicyclic) bond motifs is 1. The number of rotatable bonds is 6. The Balaban J connectivity index is 1.94. The fraction of sp³-hybridized carbons (Fsp3) is 0.238. The van der Waals surface area contributed by atoms with Gasteiger partial charge in [0.05, 0.1) is 17.1 Å². The third-order valence-electron chi connectivity index (χ3n) is 4.40. The Morgan fingerprint density at radius 2 is 2.07 bits per heavy atom. The quantitative estimate of drug-likeness (QED) is 0.715. The second-order valence-electron chi connectivity index (χ2n) is 6.47. The van der Waals surface area contributed by atoms with Crippen LogP contribution in [0.25, 0.3) is 5.52 Å². The molecule has 0 unspecified atom stereocenters. The van der Waals surface area contributed by atoms with Gasteiger partial charge >= 0.3 is 0 Å². The standard InChI is InChI=1S/C21H21N5O2/c1-3-4-11-25(2)21(28)18-17-10-5-6-12-26(17)19(24-18)20(27)23-16-9-7-8-15(13-16)14-22/h5-10,12-13H,3-4,11H2,1-2H3,(H,23,27). The van der Waals surface area contributed by atoms with Crippen LogP contribution in [0.3, 0.4) is 0 Å². The Kier molecular flexibility index (Phi) is 5.70. The van der Waals surface area contributed by atoms with Crippen molar-refractivity contribution in [1.82, 2.24) is 14.3 Å². The van der Waals surface area contributed by atoms with Crippen molar-refractivity contribution in [3.63, 3.8) is 0 Å². The third-order valence-corrected chi connectivity index (χ3v) is 4.40. The Labute approximate surface area is 163 Å². The number of carbonyl (C=O) groups is 2. The van der Waals surface area contributed by atoms with Crippen LogP contribution in [0.15, 0.2) is 48.7 Å². The van der Waals surface area contributed by atoms with E-state index in [4.69, 9.17) is 5.26 Å². The predicted molar refractivity (Wildman–Crippen MR) is 106 cm³/mol. The average Bonchev–Trinajstić information content (AvgIpc) is 3.11. The number of amides is 2. The van der Waals surface area contributed by atoms with Gasteiger partial charge in [-0.25, -0.2) is 4.98 Å². The summed E-state index contributed by atoms with van der Waals surface area (Å²) in [4.78, 5) is 31.6. The molecule has 0 atom stereocenters. The van der Waals surface area contributed by atoms with Crippen molar-refractivity contribution in [3.8, 4) is 6.07 Å². The highest BCUT2D eigenvalue weighted by molar-refractivity contribution is 6.06. The Hall–Kier alpha value is -3.66. The fourth-order valence-corrected chi connectivity index (χ4v) is 2.89. The number of hydrogen-bond donors (Lipinski definition) is 1. The van der Waals surface area contributed by atoms with Gasteiger partial charge in [-0.2, -0.15) is 5.26 Å². The molecule has 3 rings (SSSR count). The highest BCUT2D eigenvalue weighted by atomic mass is 16.2. The summed E-state index contributed by atoms with van der Waals surface area (Å²) in [7, 11) is 1.74. The predicted octanol–water partition coefficient (Wildman–Crippen LogP) is 3.33. The smallest absolute Gasteiger partial charge is 0.292 e. The van der Waals surface area contributed by atoms with Crippen LogP contribution in [-0.2, 0) is 0 Å². The molecule has 0 aliphatic carbocycles. The number of aromatic nitrogens is 2. The first-order chi connectivity index (χ1) is 13.5. The van der Waals surface area contributed by atoms with Crippen LogP contribution in [-0.4, -0.2) is 39.7 Å². The number of benzene rings is 1. The number of unbranched alkanes of at least 4 members (excludes halogenated alkanes) is 1. The maximum Gasteiger partial charge on any atom is 0.292 e. The highest BCUT2D eigenvalue weighted by Gasteiger charge is 2.23. The molecule has 7 heteroatoms. The zero-order valence-corrected chi connectivity index (χ0v) is 15.8. The molecule has 28 heavy (non-hydrogen) atoms. The molecule has 1 aromatic carbocycles. The van der Waals surface area contributed by atoms with Gasteiger partial charge in [-0.1, -0.05) is 25.5 Å². The molecule has 0 saturated carbocycles. The number of hydrogen-bond acceptors (Lipinski definition) is 4. The van der Waals surface area contributed by atoms with Crippen molar-refractivity contribution >= 4 is 23.0 Å². The molecule has 0 aliphatic heterocycles. The molecule has 1 N–H and O–H groups in total. The van der Waals surface area contributed by atoms with E-state index in [1.807, 2.05) is 6.07 Å². The molecule has 0 saturated heterocycles. The van der Waals surface area contributed by atoms with Crippen LogP contribution in [0, 0.1) is 11.3 Å². The van der Waals surface area contributed by atoms with Crippen LogP contribution in [0.1, 0.15) is 46.4 Å². The van der Waals surface area contributed by atoms with Crippen molar-refractivity contribution in [1.29, 1.82) is 5.26 Å². The van der Waals surface area contributed by atoms with Crippen LogP contribution >= 0.6 is 0 Å². The number of nitrogens with one attached hydrogen (secondary N) is 1. The van der Waals surface area contributed by atoms with Gasteiger partial charge in [0.15, 0.2) is 5.69 Å². The number of nitrogens with zero attached hydrogens (tertiary/aromatic N) is 4. The van der Waals surface area contributed by atoms with Gasteiger partial charge in [-0.15, -0.1) is 0 Å². The lowest BCUT2D eigenvalue weighted by Gasteiger charge is -2.15. The van der Waals surface area contributed by atoms with Gasteiger partial charge in [0.1, 0.15) is 0 Å². The molecule has 2 amide bonds. The average molecular weight is 375 g/mol. The van der Waals surface area contributed by atoms with Gasteiger partial charge in [-0.3, -0.25) is 14.0 Å². The lowest BCUT2D eigenvalue weighted by molar-refractivity contribution is 0.0790. The third kappa shape index (κ3) is 3.86. The minimum Gasteiger partial charge on any atom is -0.340 e. The van der Waals surface area contributed by atoms with E-state index < -0.39 is 5.91 Å². The monoisotopic (exact) mass is 375 g/mol. The molecule has 0 fully saturated rings. The molecule has 0 aliphatic rings. The van der Waals surface area contributed by atoms with Gasteiger partial charge in [0, 0.05) is 25.5 Å². The van der Waals surface area contributed by atoms with E-state index in [9.17, 15) is 9.59 Å². The Bertz CT molecular complexity index is 1060. The lowest BCUT2D eigenvalue weighted by atomic mass is 10.2. The van der Waals surface area contributed by atoms with Crippen LogP contribution in [0.5, 0.6) is 0 Å². The van der Waals surface area contributed by atoms with E-state index in [1.54, 1.807) is 65.0 Å². The first-order valence-corrected chi connectivity index (χ1v) is 9.09. The summed E-state index contributed by atoms with van der Waals surface area (Å²) in [6, 6.07) is 14.0. The number of pyridine rings is 1. The molecule has 0 spiro atoms. The first-order valence-electron chi connectivity index (χ1n) is 9.09. The number of imidazole rings is 1. The van der Waals surface area contributed by atoms with Gasteiger partial charge in [-0.05, 0) is 36.8 Å². The Morgan fingerprint density at radius 3 is 2.82 bits per heavy atom. The summed E-state index contributed by atoms with van der Waals surface area (Å²) in [5.74, 6) is -0.556. The minimum atomic E-state index is -0.452. The SMILES string of the molecule is CCCCN(C)C(=O)c1nc(C(=O)Nc2cccc(C#N)c2)n2ccccc12. The van der Waals surface area contributed by atoms with E-state index in [1.165, 1.54) is 0 Å². The zero-order chi connectivity index (χ0) is 20.1. The molecular weight excluding hydrogens is 354 g/mol. The van der Waals surface area contributed by atoms with Crippen molar-refractivity contribution in [2.24, 2.45) is 0 Å². The minimum absolute atomic E-state index is 0.116.